The van der Waals surface area contributed by atoms with Gasteiger partial charge in [-0.25, -0.2) is 8.42 Å². The van der Waals surface area contributed by atoms with E-state index in [9.17, 15) is 13.2 Å². The van der Waals surface area contributed by atoms with Crippen molar-refractivity contribution in [3.63, 3.8) is 0 Å². The average molecular weight is 341 g/mol. The number of carbonyl (C=O) groups is 1. The number of ether oxygens (including phenoxy) is 1. The van der Waals surface area contributed by atoms with Gasteiger partial charge in [0.15, 0.2) is 0 Å². The van der Waals surface area contributed by atoms with Gasteiger partial charge in [-0.1, -0.05) is 17.7 Å². The van der Waals surface area contributed by atoms with Gasteiger partial charge in [0, 0.05) is 11.3 Å². The monoisotopic (exact) mass is 340 g/mol. The summed E-state index contributed by atoms with van der Waals surface area (Å²) in [6.45, 7) is 0. The van der Waals surface area contributed by atoms with Gasteiger partial charge >= 0.3 is 0 Å². The average Bonchev–Trinajstić information content (AvgIpc) is 2.47. The Kier molecular flexibility index (Phi) is 4.58. The van der Waals surface area contributed by atoms with Crippen LogP contribution in [0.5, 0.6) is 5.75 Å². The number of rotatable bonds is 5. The number of methoxy groups -OCH3 is 1. The second kappa shape index (κ2) is 6.25. The van der Waals surface area contributed by atoms with Crippen LogP contribution < -0.4 is 15.2 Å². The highest BCUT2D eigenvalue weighted by atomic mass is 35.5. The van der Waals surface area contributed by atoms with Gasteiger partial charge in [-0.2, -0.15) is 0 Å². The van der Waals surface area contributed by atoms with E-state index in [0.29, 0.717) is 5.75 Å². The molecule has 0 heterocycles. The Labute approximate surface area is 132 Å². The van der Waals surface area contributed by atoms with Crippen LogP contribution in [-0.4, -0.2) is 21.4 Å². The van der Waals surface area contributed by atoms with Crippen LogP contribution in [-0.2, 0) is 10.0 Å². The molecule has 2 aromatic rings. The highest BCUT2D eigenvalue weighted by Crippen LogP contribution is 2.27. The molecule has 3 N–H and O–H groups in total. The number of halogens is 1. The maximum atomic E-state index is 12.3. The normalized spacial score (nSPS) is 11.0. The van der Waals surface area contributed by atoms with E-state index in [1.165, 1.54) is 49.6 Å². The molecular weight excluding hydrogens is 328 g/mol. The van der Waals surface area contributed by atoms with Crippen LogP contribution in [0.3, 0.4) is 0 Å². The summed E-state index contributed by atoms with van der Waals surface area (Å²) < 4.78 is 31.9. The molecule has 0 aliphatic heterocycles. The van der Waals surface area contributed by atoms with E-state index in [1.807, 2.05) is 0 Å². The number of nitrogens with one attached hydrogen (secondary N) is 1. The van der Waals surface area contributed by atoms with Crippen molar-refractivity contribution in [1.29, 1.82) is 0 Å². The minimum absolute atomic E-state index is 0.0252. The predicted octanol–water partition coefficient (Wildman–Crippen LogP) is 2.25. The molecule has 116 valence electrons. The van der Waals surface area contributed by atoms with Crippen LogP contribution in [0.1, 0.15) is 10.4 Å². The van der Waals surface area contributed by atoms with E-state index in [1.54, 1.807) is 0 Å². The minimum atomic E-state index is -3.85. The number of primary amides is 1. The van der Waals surface area contributed by atoms with E-state index in [2.05, 4.69) is 4.72 Å². The van der Waals surface area contributed by atoms with Crippen molar-refractivity contribution in [3.05, 3.63) is 53.1 Å². The molecule has 0 saturated heterocycles. The molecule has 0 atom stereocenters. The van der Waals surface area contributed by atoms with Crippen molar-refractivity contribution in [3.8, 4) is 5.75 Å². The summed E-state index contributed by atoms with van der Waals surface area (Å²) >= 11 is 5.93. The second-order valence-electron chi connectivity index (χ2n) is 4.35. The lowest BCUT2D eigenvalue weighted by atomic mass is 10.2. The van der Waals surface area contributed by atoms with Crippen LogP contribution in [0.4, 0.5) is 5.69 Å². The van der Waals surface area contributed by atoms with Gasteiger partial charge in [0.1, 0.15) is 5.75 Å². The lowest BCUT2D eigenvalue weighted by Crippen LogP contribution is -2.15. The van der Waals surface area contributed by atoms with Gasteiger partial charge in [-0.05, 0) is 36.4 Å². The van der Waals surface area contributed by atoms with Crippen molar-refractivity contribution < 1.29 is 17.9 Å². The zero-order valence-electron chi connectivity index (χ0n) is 11.5. The summed E-state index contributed by atoms with van der Waals surface area (Å²) in [4.78, 5) is 11.1. The van der Waals surface area contributed by atoms with E-state index in [-0.39, 0.29) is 21.2 Å². The number of sulfonamides is 1. The number of anilines is 1. The Balaban J connectivity index is 2.33. The van der Waals surface area contributed by atoms with Crippen LogP contribution >= 0.6 is 11.6 Å². The van der Waals surface area contributed by atoms with Crippen molar-refractivity contribution >= 4 is 33.2 Å². The van der Waals surface area contributed by atoms with Gasteiger partial charge in [-0.15, -0.1) is 0 Å². The van der Waals surface area contributed by atoms with E-state index in [4.69, 9.17) is 22.1 Å². The third-order valence-electron chi connectivity index (χ3n) is 2.83. The fraction of sp³-hybridized carbons (Fsp3) is 0.0714. The summed E-state index contributed by atoms with van der Waals surface area (Å²) in [6, 6.07) is 9.98. The van der Waals surface area contributed by atoms with Gasteiger partial charge in [0.05, 0.1) is 17.0 Å². The first kappa shape index (κ1) is 16.1. The molecule has 0 aliphatic rings. The third kappa shape index (κ3) is 3.49. The predicted molar refractivity (Wildman–Crippen MR) is 83.8 cm³/mol. The van der Waals surface area contributed by atoms with Crippen LogP contribution in [0.15, 0.2) is 47.4 Å². The van der Waals surface area contributed by atoms with E-state index < -0.39 is 15.9 Å². The summed E-state index contributed by atoms with van der Waals surface area (Å²) in [7, 11) is -2.41. The molecule has 22 heavy (non-hydrogen) atoms. The number of nitrogens with two attached hydrogens (primary N) is 1. The van der Waals surface area contributed by atoms with E-state index >= 15 is 0 Å². The standard InChI is InChI=1S/C14H13ClN2O4S/c1-21-13-6-5-11(8-12(13)15)22(19,20)17-10-4-2-3-9(7-10)14(16)18/h2-8,17H,1H3,(H2,16,18). The first-order valence-electron chi connectivity index (χ1n) is 6.10. The molecule has 1 amide bonds. The molecule has 0 saturated carbocycles. The Morgan fingerprint density at radius 1 is 1.23 bits per heavy atom. The molecule has 0 radical (unpaired) electrons. The van der Waals surface area contributed by atoms with E-state index in [0.717, 1.165) is 0 Å². The highest BCUT2D eigenvalue weighted by molar-refractivity contribution is 7.92. The lowest BCUT2D eigenvalue weighted by Gasteiger charge is -2.10. The van der Waals surface area contributed by atoms with Crippen molar-refractivity contribution in [2.45, 2.75) is 4.90 Å². The molecule has 8 heteroatoms. The molecule has 2 aromatic carbocycles. The van der Waals surface area contributed by atoms with Crippen LogP contribution in [0.25, 0.3) is 0 Å². The number of amides is 1. The largest absolute Gasteiger partial charge is 0.495 e. The minimum Gasteiger partial charge on any atom is -0.495 e. The summed E-state index contributed by atoms with van der Waals surface area (Å²) in [5, 5.41) is 0.177. The maximum absolute atomic E-state index is 12.3. The first-order valence-corrected chi connectivity index (χ1v) is 7.96. The molecule has 0 aliphatic carbocycles. The molecule has 0 spiro atoms. The smallest absolute Gasteiger partial charge is 0.261 e. The van der Waals surface area contributed by atoms with Crippen molar-refractivity contribution in [2.24, 2.45) is 5.73 Å². The molecule has 6 nitrogen and oxygen atoms in total. The zero-order valence-corrected chi connectivity index (χ0v) is 13.1. The number of benzene rings is 2. The van der Waals surface area contributed by atoms with Crippen molar-refractivity contribution in [1.82, 2.24) is 0 Å². The second-order valence-corrected chi connectivity index (χ2v) is 6.44. The SMILES string of the molecule is COc1ccc(S(=O)(=O)Nc2cccc(C(N)=O)c2)cc1Cl. The number of hydrogen-bond acceptors (Lipinski definition) is 4. The quantitative estimate of drug-likeness (QED) is 0.872. The van der Waals surface area contributed by atoms with Crippen LogP contribution in [0, 0.1) is 0 Å². The third-order valence-corrected chi connectivity index (χ3v) is 4.51. The van der Waals surface area contributed by atoms with Gasteiger partial charge in [0.25, 0.3) is 10.0 Å². The molecule has 2 rings (SSSR count). The molecule has 0 bridgehead atoms. The van der Waals surface area contributed by atoms with Crippen LogP contribution in [0.2, 0.25) is 5.02 Å². The van der Waals surface area contributed by atoms with Gasteiger partial charge in [-0.3, -0.25) is 9.52 Å². The fourth-order valence-corrected chi connectivity index (χ4v) is 3.16. The first-order chi connectivity index (χ1) is 10.3. The summed E-state index contributed by atoms with van der Waals surface area (Å²) in [6.07, 6.45) is 0. The molecule has 0 unspecified atom stereocenters. The van der Waals surface area contributed by atoms with Gasteiger partial charge < -0.3 is 10.5 Å². The topological polar surface area (TPSA) is 98.5 Å². The number of hydrogen-bond donors (Lipinski definition) is 2. The Hall–Kier alpha value is -2.25. The zero-order chi connectivity index (χ0) is 16.3. The Bertz CT molecular complexity index is 821. The number of carbonyl (C=O) groups excluding carboxylic acids is 1. The van der Waals surface area contributed by atoms with Gasteiger partial charge in [0.2, 0.25) is 5.91 Å². The fourth-order valence-electron chi connectivity index (χ4n) is 1.76. The summed E-state index contributed by atoms with van der Waals surface area (Å²) in [5.74, 6) is -0.273. The highest BCUT2D eigenvalue weighted by Gasteiger charge is 2.16. The molecular formula is C14H13ClN2O4S. The lowest BCUT2D eigenvalue weighted by molar-refractivity contribution is 0.100. The Morgan fingerprint density at radius 2 is 1.95 bits per heavy atom. The summed E-state index contributed by atoms with van der Waals surface area (Å²) in [5.41, 5.74) is 5.59. The maximum Gasteiger partial charge on any atom is 0.261 e. The molecule has 0 aromatic heterocycles. The van der Waals surface area contributed by atoms with Crippen molar-refractivity contribution in [2.75, 3.05) is 11.8 Å². The molecule has 0 fully saturated rings. The Morgan fingerprint density at radius 3 is 2.55 bits per heavy atom.